The predicted molar refractivity (Wildman–Crippen MR) is 145 cm³/mol. The fraction of sp³-hybridized carbons (Fsp3) is 0.100. The number of benzene rings is 4. The Morgan fingerprint density at radius 3 is 2.43 bits per heavy atom. The van der Waals surface area contributed by atoms with E-state index >= 15 is 0 Å². The molecule has 6 nitrogen and oxygen atoms in total. The Morgan fingerprint density at radius 2 is 1.62 bits per heavy atom. The summed E-state index contributed by atoms with van der Waals surface area (Å²) in [5.41, 5.74) is 3.58. The van der Waals surface area contributed by atoms with Crippen LogP contribution < -0.4 is 15.0 Å². The molecule has 1 aliphatic heterocycles. The van der Waals surface area contributed by atoms with E-state index in [1.807, 2.05) is 32.0 Å². The number of carbonyl (C=O) groups is 3. The quantitative estimate of drug-likeness (QED) is 0.250. The number of halogens is 1. The fourth-order valence-electron chi connectivity index (χ4n) is 4.29. The molecule has 37 heavy (non-hydrogen) atoms. The Kier molecular flexibility index (Phi) is 6.51. The maximum Gasteiger partial charge on any atom is 0.335 e. The van der Waals surface area contributed by atoms with E-state index in [9.17, 15) is 14.4 Å². The van der Waals surface area contributed by atoms with Gasteiger partial charge in [0, 0.05) is 16.1 Å². The van der Waals surface area contributed by atoms with Gasteiger partial charge in [-0.15, -0.1) is 0 Å². The third-order valence-electron chi connectivity index (χ3n) is 6.38. The van der Waals surface area contributed by atoms with E-state index in [0.717, 1.165) is 32.4 Å². The van der Waals surface area contributed by atoms with Crippen molar-refractivity contribution in [1.29, 1.82) is 0 Å². The average Bonchev–Trinajstić information content (AvgIpc) is 2.88. The first kappa shape index (κ1) is 24.3. The van der Waals surface area contributed by atoms with E-state index in [-0.39, 0.29) is 11.3 Å². The summed E-state index contributed by atoms with van der Waals surface area (Å²) in [6.07, 6.45) is 1.44. The van der Waals surface area contributed by atoms with Crippen LogP contribution in [0, 0.1) is 13.8 Å². The molecule has 4 amide bonds. The second kappa shape index (κ2) is 9.91. The normalized spacial score (nSPS) is 14.8. The van der Waals surface area contributed by atoms with Crippen LogP contribution in [0.15, 0.2) is 84.4 Å². The van der Waals surface area contributed by atoms with E-state index in [4.69, 9.17) is 16.3 Å². The smallest absolute Gasteiger partial charge is 0.335 e. The minimum Gasteiger partial charge on any atom is -0.488 e. The van der Waals surface area contributed by atoms with Gasteiger partial charge in [0.05, 0.1) is 5.69 Å². The molecule has 4 aromatic carbocycles. The molecule has 0 aliphatic carbocycles. The molecule has 0 aromatic heterocycles. The molecule has 0 unspecified atom stereocenters. The maximum atomic E-state index is 13.3. The summed E-state index contributed by atoms with van der Waals surface area (Å²) < 4.78 is 6.20. The number of imide groups is 2. The van der Waals surface area contributed by atoms with Crippen molar-refractivity contribution in [3.05, 3.63) is 112 Å². The number of hydrogen-bond acceptors (Lipinski definition) is 4. The number of carbonyl (C=O) groups excluding carboxylic acids is 3. The van der Waals surface area contributed by atoms with Crippen molar-refractivity contribution in [3.8, 4) is 5.75 Å². The van der Waals surface area contributed by atoms with Gasteiger partial charge in [-0.1, -0.05) is 72.3 Å². The van der Waals surface area contributed by atoms with Crippen molar-refractivity contribution < 1.29 is 19.1 Å². The molecule has 1 N–H and O–H groups in total. The van der Waals surface area contributed by atoms with E-state index in [2.05, 4.69) is 29.6 Å². The van der Waals surface area contributed by atoms with Gasteiger partial charge in [0.25, 0.3) is 11.8 Å². The zero-order valence-corrected chi connectivity index (χ0v) is 21.0. The first-order valence-electron chi connectivity index (χ1n) is 11.7. The first-order chi connectivity index (χ1) is 17.8. The maximum absolute atomic E-state index is 13.3. The molecule has 0 atom stereocenters. The van der Waals surface area contributed by atoms with Crippen LogP contribution in [0.5, 0.6) is 5.75 Å². The van der Waals surface area contributed by atoms with Gasteiger partial charge in [-0.05, 0) is 60.0 Å². The van der Waals surface area contributed by atoms with Gasteiger partial charge in [-0.2, -0.15) is 0 Å². The lowest BCUT2D eigenvalue weighted by molar-refractivity contribution is -0.122. The third-order valence-corrected chi connectivity index (χ3v) is 6.79. The Labute approximate surface area is 219 Å². The Balaban J connectivity index is 1.47. The van der Waals surface area contributed by atoms with E-state index in [1.165, 1.54) is 12.1 Å². The number of ether oxygens (including phenoxy) is 1. The molecule has 1 fully saturated rings. The number of nitrogens with zero attached hydrogens (tertiary/aromatic N) is 1. The lowest BCUT2D eigenvalue weighted by atomic mass is 10.0. The van der Waals surface area contributed by atoms with Crippen molar-refractivity contribution in [2.24, 2.45) is 0 Å². The highest BCUT2D eigenvalue weighted by Crippen LogP contribution is 2.29. The summed E-state index contributed by atoms with van der Waals surface area (Å²) in [5.74, 6) is -1.01. The first-order valence-corrected chi connectivity index (χ1v) is 12.1. The summed E-state index contributed by atoms with van der Waals surface area (Å²) in [7, 11) is 0. The number of barbiturate groups is 1. The fourth-order valence-corrected chi connectivity index (χ4v) is 4.46. The lowest BCUT2D eigenvalue weighted by Crippen LogP contribution is -2.54. The largest absolute Gasteiger partial charge is 0.488 e. The number of para-hydroxylation sites is 1. The van der Waals surface area contributed by atoms with Crippen LogP contribution in [0.1, 0.15) is 22.3 Å². The minimum atomic E-state index is -0.831. The van der Waals surface area contributed by atoms with Crippen molar-refractivity contribution in [2.75, 3.05) is 4.90 Å². The molecule has 4 aromatic rings. The van der Waals surface area contributed by atoms with E-state index in [1.54, 1.807) is 30.3 Å². The topological polar surface area (TPSA) is 75.7 Å². The van der Waals surface area contributed by atoms with Gasteiger partial charge in [0.15, 0.2) is 0 Å². The van der Waals surface area contributed by atoms with Gasteiger partial charge >= 0.3 is 6.03 Å². The number of fused-ring (bicyclic) bond motifs is 1. The van der Waals surface area contributed by atoms with E-state index < -0.39 is 17.8 Å². The molecular formula is C30H23ClN2O4. The van der Waals surface area contributed by atoms with Crippen LogP contribution in [0.3, 0.4) is 0 Å². The molecule has 0 radical (unpaired) electrons. The summed E-state index contributed by atoms with van der Waals surface area (Å²) >= 11 is 6.21. The summed E-state index contributed by atoms with van der Waals surface area (Å²) in [4.78, 5) is 39.5. The van der Waals surface area contributed by atoms with Crippen LogP contribution in [0.25, 0.3) is 16.8 Å². The second-order valence-corrected chi connectivity index (χ2v) is 9.21. The Bertz CT molecular complexity index is 1610. The monoisotopic (exact) mass is 510 g/mol. The number of anilines is 1. The van der Waals surface area contributed by atoms with Crippen LogP contribution in [0.4, 0.5) is 10.5 Å². The summed E-state index contributed by atoms with van der Waals surface area (Å²) in [6.45, 7) is 4.16. The SMILES string of the molecule is Cc1ccc(N2C(=O)NC(=O)/C(=C\c3ccccc3OCc3c(C)ccc4ccccc34)C2=O)cc1Cl. The summed E-state index contributed by atoms with van der Waals surface area (Å²) in [6, 6.07) is 23.4. The lowest BCUT2D eigenvalue weighted by Gasteiger charge is -2.26. The highest BCUT2D eigenvalue weighted by molar-refractivity contribution is 6.39. The van der Waals surface area contributed by atoms with Gasteiger partial charge < -0.3 is 4.74 Å². The minimum absolute atomic E-state index is 0.186. The van der Waals surface area contributed by atoms with Gasteiger partial charge in [0.2, 0.25) is 0 Å². The molecule has 5 rings (SSSR count). The molecule has 0 spiro atoms. The summed E-state index contributed by atoms with van der Waals surface area (Å²) in [5, 5.41) is 4.87. The predicted octanol–water partition coefficient (Wildman–Crippen LogP) is 6.36. The molecule has 7 heteroatoms. The molecule has 1 aliphatic rings. The Hall–Kier alpha value is -4.42. The van der Waals surface area contributed by atoms with Crippen LogP contribution in [-0.4, -0.2) is 17.8 Å². The number of nitrogens with one attached hydrogen (secondary N) is 1. The van der Waals surface area contributed by atoms with Crippen molar-refractivity contribution in [3.63, 3.8) is 0 Å². The molecule has 1 heterocycles. The van der Waals surface area contributed by atoms with Crippen molar-refractivity contribution in [2.45, 2.75) is 20.5 Å². The molecule has 184 valence electrons. The number of amides is 4. The number of urea groups is 1. The Morgan fingerprint density at radius 1 is 0.892 bits per heavy atom. The second-order valence-electron chi connectivity index (χ2n) is 8.80. The molecule has 0 bridgehead atoms. The molecular weight excluding hydrogens is 488 g/mol. The van der Waals surface area contributed by atoms with Crippen LogP contribution in [0.2, 0.25) is 5.02 Å². The number of rotatable bonds is 5. The van der Waals surface area contributed by atoms with Gasteiger partial charge in [0.1, 0.15) is 17.9 Å². The van der Waals surface area contributed by atoms with E-state index in [0.29, 0.717) is 22.9 Å². The zero-order valence-electron chi connectivity index (χ0n) is 20.2. The third kappa shape index (κ3) is 4.71. The van der Waals surface area contributed by atoms with Crippen LogP contribution in [-0.2, 0) is 16.2 Å². The zero-order chi connectivity index (χ0) is 26.1. The molecule has 0 saturated carbocycles. The highest BCUT2D eigenvalue weighted by atomic mass is 35.5. The average molecular weight is 511 g/mol. The van der Waals surface area contributed by atoms with Crippen molar-refractivity contribution in [1.82, 2.24) is 5.32 Å². The van der Waals surface area contributed by atoms with Gasteiger partial charge in [-0.3, -0.25) is 14.9 Å². The van der Waals surface area contributed by atoms with Crippen LogP contribution >= 0.6 is 11.6 Å². The van der Waals surface area contributed by atoms with Gasteiger partial charge in [-0.25, -0.2) is 9.69 Å². The standard InChI is InChI=1S/C30H23ClN2O4/c1-18-11-13-20-7-3-5-9-23(20)25(18)17-37-27-10-6-4-8-21(27)15-24-28(34)32-30(36)33(29(24)35)22-14-12-19(2)26(31)16-22/h3-16H,17H2,1-2H3,(H,32,34,36)/b24-15+. The van der Waals surface area contributed by atoms with Crippen molar-refractivity contribution >= 4 is 52.0 Å². The highest BCUT2D eigenvalue weighted by Gasteiger charge is 2.37. The number of hydrogen-bond donors (Lipinski definition) is 1. The molecule has 1 saturated heterocycles. The number of aryl methyl sites for hydroxylation is 2.